The van der Waals surface area contributed by atoms with Crippen LogP contribution < -0.4 is 5.32 Å². The van der Waals surface area contributed by atoms with Gasteiger partial charge in [-0.15, -0.1) is 0 Å². The number of carboxylic acid groups (broad SMARTS) is 1. The number of hydrogen-bond acceptors (Lipinski definition) is 6. The van der Waals surface area contributed by atoms with E-state index in [1.165, 1.54) is 0 Å². The molecule has 0 aliphatic rings. The molecule has 0 radical (unpaired) electrons. The Morgan fingerprint density at radius 1 is 1.63 bits per heavy atom. The number of aromatic carboxylic acids is 1. The molecule has 0 aliphatic carbocycles. The van der Waals surface area contributed by atoms with Crippen molar-refractivity contribution in [2.24, 2.45) is 0 Å². The van der Waals surface area contributed by atoms with E-state index >= 15 is 0 Å². The minimum absolute atomic E-state index is 0.00546. The van der Waals surface area contributed by atoms with Gasteiger partial charge < -0.3 is 10.4 Å². The normalized spacial score (nSPS) is 11.9. The molecule has 104 valence electrons. The van der Waals surface area contributed by atoms with Crippen LogP contribution in [0, 0.1) is 10.1 Å². The molecule has 7 nitrogen and oxygen atoms in total. The first-order chi connectivity index (χ1) is 8.95. The average molecular weight is 285 g/mol. The summed E-state index contributed by atoms with van der Waals surface area (Å²) in [6.45, 7) is 3.88. The zero-order valence-corrected chi connectivity index (χ0v) is 11.4. The standard InChI is InChI=1S/C11H15N3O4S/c1-3-19-6-7(2)12-10-9(14(17)18)5-4-8(13-10)11(15)16/h4-5,7H,3,6H2,1-2H3,(H,12,13)(H,15,16). The van der Waals surface area contributed by atoms with Crippen LogP contribution in [0.1, 0.15) is 24.3 Å². The second-order valence-electron chi connectivity index (χ2n) is 3.83. The minimum atomic E-state index is -1.21. The summed E-state index contributed by atoms with van der Waals surface area (Å²) >= 11 is 1.68. The van der Waals surface area contributed by atoms with Gasteiger partial charge in [-0.3, -0.25) is 10.1 Å². The second kappa shape index (κ2) is 6.93. The molecule has 0 bridgehead atoms. The van der Waals surface area contributed by atoms with Gasteiger partial charge >= 0.3 is 11.7 Å². The number of pyridine rings is 1. The van der Waals surface area contributed by atoms with Gasteiger partial charge in [-0.1, -0.05) is 6.92 Å². The van der Waals surface area contributed by atoms with E-state index in [0.717, 1.165) is 23.6 Å². The highest BCUT2D eigenvalue weighted by molar-refractivity contribution is 7.99. The smallest absolute Gasteiger partial charge is 0.354 e. The lowest BCUT2D eigenvalue weighted by Crippen LogP contribution is -2.20. The molecule has 0 aliphatic heterocycles. The van der Waals surface area contributed by atoms with Crippen LogP contribution >= 0.6 is 11.8 Å². The number of nitrogens with zero attached hydrogens (tertiary/aromatic N) is 2. The third kappa shape index (κ3) is 4.40. The van der Waals surface area contributed by atoms with Crippen molar-refractivity contribution >= 4 is 29.2 Å². The maximum absolute atomic E-state index is 10.9. The van der Waals surface area contributed by atoms with Crippen molar-refractivity contribution in [3.05, 3.63) is 27.9 Å². The summed E-state index contributed by atoms with van der Waals surface area (Å²) in [5, 5.41) is 22.6. The molecule has 0 saturated heterocycles. The monoisotopic (exact) mass is 285 g/mol. The SMILES string of the molecule is CCSCC(C)Nc1nc(C(=O)O)ccc1[N+](=O)[O-]. The van der Waals surface area contributed by atoms with E-state index in [4.69, 9.17) is 5.11 Å². The number of carboxylic acids is 1. The van der Waals surface area contributed by atoms with E-state index in [-0.39, 0.29) is 23.2 Å². The highest BCUT2D eigenvalue weighted by atomic mass is 32.2. The number of nitrogens with one attached hydrogen (secondary N) is 1. The minimum Gasteiger partial charge on any atom is -0.477 e. The van der Waals surface area contributed by atoms with Crippen LogP contribution in [-0.4, -0.2) is 38.5 Å². The van der Waals surface area contributed by atoms with Crippen molar-refractivity contribution in [3.8, 4) is 0 Å². The van der Waals surface area contributed by atoms with Crippen LogP contribution in [-0.2, 0) is 0 Å². The first kappa shape index (κ1) is 15.2. The van der Waals surface area contributed by atoms with Crippen LogP contribution in [0.3, 0.4) is 0 Å². The van der Waals surface area contributed by atoms with E-state index in [1.807, 2.05) is 13.8 Å². The van der Waals surface area contributed by atoms with Crippen LogP contribution in [0.4, 0.5) is 11.5 Å². The van der Waals surface area contributed by atoms with Crippen molar-refractivity contribution in [3.63, 3.8) is 0 Å². The van der Waals surface area contributed by atoms with E-state index in [0.29, 0.717) is 0 Å². The molecule has 1 unspecified atom stereocenters. The molecule has 8 heteroatoms. The first-order valence-corrected chi connectivity index (χ1v) is 6.84. The quantitative estimate of drug-likeness (QED) is 0.584. The van der Waals surface area contributed by atoms with Crippen molar-refractivity contribution in [1.82, 2.24) is 4.98 Å². The lowest BCUT2D eigenvalue weighted by Gasteiger charge is -2.13. The molecule has 0 aromatic carbocycles. The predicted octanol–water partition coefficient (Wildman–Crippen LogP) is 2.24. The van der Waals surface area contributed by atoms with E-state index in [1.54, 1.807) is 11.8 Å². The Morgan fingerprint density at radius 3 is 2.84 bits per heavy atom. The fourth-order valence-electron chi connectivity index (χ4n) is 1.39. The molecular formula is C11H15N3O4S. The Balaban J connectivity index is 2.97. The molecule has 19 heavy (non-hydrogen) atoms. The van der Waals surface area contributed by atoms with Gasteiger partial charge in [0.15, 0.2) is 5.69 Å². The predicted molar refractivity (Wildman–Crippen MR) is 73.9 cm³/mol. The summed E-state index contributed by atoms with van der Waals surface area (Å²) in [6, 6.07) is 2.23. The third-order valence-electron chi connectivity index (χ3n) is 2.24. The summed E-state index contributed by atoms with van der Waals surface area (Å²) in [7, 11) is 0. The van der Waals surface area contributed by atoms with Gasteiger partial charge in [0.2, 0.25) is 5.82 Å². The Bertz CT molecular complexity index is 481. The lowest BCUT2D eigenvalue weighted by molar-refractivity contribution is -0.384. The number of hydrogen-bond donors (Lipinski definition) is 2. The van der Waals surface area contributed by atoms with Gasteiger partial charge in [0.25, 0.3) is 0 Å². The van der Waals surface area contributed by atoms with Crippen molar-refractivity contribution in [2.45, 2.75) is 19.9 Å². The van der Waals surface area contributed by atoms with Gasteiger partial charge in [0.05, 0.1) is 4.92 Å². The zero-order chi connectivity index (χ0) is 14.4. The number of nitro groups is 1. The molecule has 0 amide bonds. The van der Waals surface area contributed by atoms with E-state index in [9.17, 15) is 14.9 Å². The maximum Gasteiger partial charge on any atom is 0.354 e. The van der Waals surface area contributed by atoms with Crippen molar-refractivity contribution in [1.29, 1.82) is 0 Å². The number of aromatic nitrogens is 1. The maximum atomic E-state index is 10.9. The molecule has 0 spiro atoms. The van der Waals surface area contributed by atoms with E-state index < -0.39 is 10.9 Å². The Hall–Kier alpha value is -1.83. The molecule has 1 atom stereocenters. The third-order valence-corrected chi connectivity index (χ3v) is 3.39. The number of thioether (sulfide) groups is 1. The molecule has 1 aromatic heterocycles. The molecule has 1 aromatic rings. The van der Waals surface area contributed by atoms with Crippen LogP contribution in [0.25, 0.3) is 0 Å². The highest BCUT2D eigenvalue weighted by Gasteiger charge is 2.19. The van der Waals surface area contributed by atoms with Gasteiger partial charge in [-0.2, -0.15) is 11.8 Å². The number of carbonyl (C=O) groups is 1. The van der Waals surface area contributed by atoms with Gasteiger partial charge in [0.1, 0.15) is 0 Å². The van der Waals surface area contributed by atoms with Crippen LogP contribution in [0.2, 0.25) is 0 Å². The summed E-state index contributed by atoms with van der Waals surface area (Å²) in [6.07, 6.45) is 0. The number of rotatable bonds is 7. The van der Waals surface area contributed by atoms with Gasteiger partial charge in [0, 0.05) is 17.9 Å². The molecule has 0 saturated carbocycles. The molecule has 1 rings (SSSR count). The Morgan fingerprint density at radius 2 is 2.32 bits per heavy atom. The summed E-state index contributed by atoms with van der Waals surface area (Å²) < 4.78 is 0. The molecular weight excluding hydrogens is 270 g/mol. The Kier molecular flexibility index (Phi) is 5.56. The first-order valence-electron chi connectivity index (χ1n) is 5.68. The van der Waals surface area contributed by atoms with E-state index in [2.05, 4.69) is 10.3 Å². The van der Waals surface area contributed by atoms with Crippen LogP contribution in [0.15, 0.2) is 12.1 Å². The fraction of sp³-hybridized carbons (Fsp3) is 0.455. The summed E-state index contributed by atoms with van der Waals surface area (Å²) in [5.74, 6) is 0.478. The molecule has 1 heterocycles. The highest BCUT2D eigenvalue weighted by Crippen LogP contribution is 2.23. The lowest BCUT2D eigenvalue weighted by atomic mass is 10.3. The second-order valence-corrected chi connectivity index (χ2v) is 5.15. The van der Waals surface area contributed by atoms with Crippen molar-refractivity contribution in [2.75, 3.05) is 16.8 Å². The zero-order valence-electron chi connectivity index (χ0n) is 10.6. The van der Waals surface area contributed by atoms with Gasteiger partial charge in [-0.05, 0) is 18.7 Å². The fourth-order valence-corrected chi connectivity index (χ4v) is 2.07. The molecule has 2 N–H and O–H groups in total. The topological polar surface area (TPSA) is 105 Å². The van der Waals surface area contributed by atoms with Gasteiger partial charge in [-0.25, -0.2) is 9.78 Å². The average Bonchev–Trinajstić information content (AvgIpc) is 2.35. The summed E-state index contributed by atoms with van der Waals surface area (Å²) in [4.78, 5) is 24.9. The molecule has 0 fully saturated rings. The van der Waals surface area contributed by atoms with Crippen molar-refractivity contribution < 1.29 is 14.8 Å². The Labute approximate surface area is 114 Å². The largest absolute Gasteiger partial charge is 0.477 e. The van der Waals surface area contributed by atoms with Crippen LogP contribution in [0.5, 0.6) is 0 Å². The number of anilines is 1. The summed E-state index contributed by atoms with van der Waals surface area (Å²) in [5.41, 5.74) is -0.443.